The molecule has 0 bridgehead atoms. The van der Waals surface area contributed by atoms with Gasteiger partial charge < -0.3 is 5.32 Å². The minimum Gasteiger partial charge on any atom is -0.346 e. The fourth-order valence-electron chi connectivity index (χ4n) is 0.919. The lowest BCUT2D eigenvalue weighted by atomic mass is 10.2. The van der Waals surface area contributed by atoms with Gasteiger partial charge in [0.2, 0.25) is 5.91 Å². The second kappa shape index (κ2) is 2.17. The number of hydrogen-bond acceptors (Lipinski definition) is 2. The van der Waals surface area contributed by atoms with E-state index in [0.717, 1.165) is 0 Å². The van der Waals surface area contributed by atoms with Crippen molar-refractivity contribution in [1.82, 2.24) is 5.32 Å². The standard InChI is InChI=1S/C6H9NO2.H2/c1-4(8)5-2-3-6(9)7-5;/h5H,2-3H2,1H3,(H,7,9);1H. The molecule has 3 nitrogen and oxygen atoms in total. The van der Waals surface area contributed by atoms with E-state index in [0.29, 0.717) is 12.8 Å². The Morgan fingerprint density at radius 2 is 2.56 bits per heavy atom. The summed E-state index contributed by atoms with van der Waals surface area (Å²) in [6.07, 6.45) is 1.18. The van der Waals surface area contributed by atoms with Gasteiger partial charge >= 0.3 is 0 Å². The second-order valence-corrected chi connectivity index (χ2v) is 2.27. The van der Waals surface area contributed by atoms with Gasteiger partial charge in [-0.15, -0.1) is 0 Å². The molecule has 1 unspecified atom stereocenters. The number of rotatable bonds is 1. The molecule has 0 aromatic heterocycles. The van der Waals surface area contributed by atoms with Crippen LogP contribution in [-0.2, 0) is 9.59 Å². The molecule has 0 aromatic carbocycles. The van der Waals surface area contributed by atoms with E-state index in [1.165, 1.54) is 6.92 Å². The van der Waals surface area contributed by atoms with Gasteiger partial charge in [0.25, 0.3) is 0 Å². The van der Waals surface area contributed by atoms with Crippen molar-refractivity contribution < 1.29 is 11.0 Å². The molecule has 52 valence electrons. The van der Waals surface area contributed by atoms with Gasteiger partial charge in [-0.1, -0.05) is 0 Å². The van der Waals surface area contributed by atoms with Crippen LogP contribution >= 0.6 is 0 Å². The van der Waals surface area contributed by atoms with Crippen molar-refractivity contribution in [2.24, 2.45) is 0 Å². The number of carbonyl (C=O) groups excluding carboxylic acids is 2. The Balaban J connectivity index is 0.000000810. The van der Waals surface area contributed by atoms with E-state index in [9.17, 15) is 9.59 Å². The molecule has 0 aliphatic carbocycles. The lowest BCUT2D eigenvalue weighted by Crippen LogP contribution is -2.31. The molecule has 1 amide bonds. The summed E-state index contributed by atoms with van der Waals surface area (Å²) in [5, 5.41) is 2.56. The Hall–Kier alpha value is -0.860. The maximum Gasteiger partial charge on any atom is 0.220 e. The highest BCUT2D eigenvalue weighted by Crippen LogP contribution is 2.06. The lowest BCUT2D eigenvalue weighted by molar-refractivity contribution is -0.123. The Labute approximate surface area is 54.9 Å². The Morgan fingerprint density at radius 1 is 1.89 bits per heavy atom. The van der Waals surface area contributed by atoms with Crippen LogP contribution in [0.5, 0.6) is 0 Å². The first-order chi connectivity index (χ1) is 4.20. The highest BCUT2D eigenvalue weighted by Gasteiger charge is 2.23. The highest BCUT2D eigenvalue weighted by molar-refractivity contribution is 5.90. The van der Waals surface area contributed by atoms with Gasteiger partial charge in [0.05, 0.1) is 6.04 Å². The predicted octanol–water partition coefficient (Wildman–Crippen LogP) is 0.1000. The summed E-state index contributed by atoms with van der Waals surface area (Å²) in [4.78, 5) is 21.1. The van der Waals surface area contributed by atoms with Gasteiger partial charge in [0, 0.05) is 7.85 Å². The van der Waals surface area contributed by atoms with Crippen LogP contribution < -0.4 is 5.32 Å². The second-order valence-electron chi connectivity index (χ2n) is 2.27. The van der Waals surface area contributed by atoms with Crippen LogP contribution in [0.3, 0.4) is 0 Å². The molecule has 9 heavy (non-hydrogen) atoms. The number of hydrogen-bond donors (Lipinski definition) is 1. The number of nitrogens with one attached hydrogen (secondary N) is 1. The smallest absolute Gasteiger partial charge is 0.220 e. The Bertz CT molecular complexity index is 158. The van der Waals surface area contributed by atoms with Gasteiger partial charge in [-0.05, 0) is 13.3 Å². The van der Waals surface area contributed by atoms with Crippen LogP contribution in [0.4, 0.5) is 0 Å². The van der Waals surface area contributed by atoms with Gasteiger partial charge in [-0.25, -0.2) is 0 Å². The van der Waals surface area contributed by atoms with E-state index >= 15 is 0 Å². The van der Waals surface area contributed by atoms with Gasteiger partial charge in [-0.3, -0.25) is 9.59 Å². The molecule has 1 aliphatic heterocycles. The first-order valence-electron chi connectivity index (χ1n) is 3.00. The highest BCUT2D eigenvalue weighted by atomic mass is 16.2. The van der Waals surface area contributed by atoms with E-state index in [2.05, 4.69) is 5.32 Å². The average Bonchev–Trinajstić information content (AvgIpc) is 2.14. The van der Waals surface area contributed by atoms with Crippen molar-refractivity contribution in [1.29, 1.82) is 0 Å². The van der Waals surface area contributed by atoms with Crippen molar-refractivity contribution in [3.05, 3.63) is 0 Å². The third-order valence-corrected chi connectivity index (χ3v) is 1.49. The molecule has 1 saturated heterocycles. The number of Topliss-reactive ketones (excluding diaryl/α,β-unsaturated/α-hetero) is 1. The molecule has 1 heterocycles. The van der Waals surface area contributed by atoms with Crippen molar-refractivity contribution in [3.8, 4) is 0 Å². The molecule has 0 spiro atoms. The van der Waals surface area contributed by atoms with E-state index < -0.39 is 0 Å². The fourth-order valence-corrected chi connectivity index (χ4v) is 0.919. The Morgan fingerprint density at radius 3 is 2.78 bits per heavy atom. The third-order valence-electron chi connectivity index (χ3n) is 1.49. The first-order valence-corrected chi connectivity index (χ1v) is 3.00. The summed E-state index contributed by atoms with van der Waals surface area (Å²) < 4.78 is 0. The first kappa shape index (κ1) is 6.26. The molecule has 1 fully saturated rings. The molecule has 1 atom stereocenters. The minimum atomic E-state index is -0.197. The third kappa shape index (κ3) is 1.28. The average molecular weight is 129 g/mol. The van der Waals surface area contributed by atoms with Crippen LogP contribution in [0.2, 0.25) is 0 Å². The SMILES string of the molecule is CC(=O)C1CCC(=O)N1.[HH]. The van der Waals surface area contributed by atoms with Crippen molar-refractivity contribution in [3.63, 3.8) is 0 Å². The van der Waals surface area contributed by atoms with E-state index in [4.69, 9.17) is 0 Å². The summed E-state index contributed by atoms with van der Waals surface area (Å²) in [5.41, 5.74) is 0. The largest absolute Gasteiger partial charge is 0.346 e. The van der Waals surface area contributed by atoms with Crippen LogP contribution in [0.15, 0.2) is 0 Å². The van der Waals surface area contributed by atoms with Crippen molar-refractivity contribution >= 4 is 11.7 Å². The van der Waals surface area contributed by atoms with Crippen LogP contribution in [0.1, 0.15) is 21.2 Å². The zero-order valence-corrected chi connectivity index (χ0v) is 5.31. The summed E-state index contributed by atoms with van der Waals surface area (Å²) >= 11 is 0. The van der Waals surface area contributed by atoms with Crippen molar-refractivity contribution in [2.45, 2.75) is 25.8 Å². The molecule has 1 rings (SSSR count). The summed E-state index contributed by atoms with van der Waals surface area (Å²) in [6, 6.07) is -0.197. The van der Waals surface area contributed by atoms with E-state index in [1.807, 2.05) is 0 Å². The molecular formula is C6H11NO2. The van der Waals surface area contributed by atoms with Crippen molar-refractivity contribution in [2.75, 3.05) is 0 Å². The minimum absolute atomic E-state index is 0. The Kier molecular flexibility index (Phi) is 1.51. The van der Waals surface area contributed by atoms with Gasteiger partial charge in [0.15, 0.2) is 5.78 Å². The van der Waals surface area contributed by atoms with Gasteiger partial charge in [-0.2, -0.15) is 0 Å². The predicted molar refractivity (Wildman–Crippen MR) is 34.0 cm³/mol. The molecule has 0 radical (unpaired) electrons. The van der Waals surface area contributed by atoms with E-state index in [1.54, 1.807) is 0 Å². The van der Waals surface area contributed by atoms with Gasteiger partial charge in [0.1, 0.15) is 0 Å². The maximum atomic E-state index is 10.6. The van der Waals surface area contributed by atoms with Crippen LogP contribution in [0.25, 0.3) is 0 Å². The number of amides is 1. The zero-order chi connectivity index (χ0) is 6.85. The molecule has 0 aromatic rings. The summed E-state index contributed by atoms with van der Waals surface area (Å²) in [6.45, 7) is 1.50. The van der Waals surface area contributed by atoms with Crippen LogP contribution in [-0.4, -0.2) is 17.7 Å². The maximum absolute atomic E-state index is 10.6. The summed E-state index contributed by atoms with van der Waals surface area (Å²) in [5.74, 6) is 0.0519. The monoisotopic (exact) mass is 129 g/mol. The normalized spacial score (nSPS) is 25.9. The lowest BCUT2D eigenvalue weighted by Gasteiger charge is -2.01. The summed E-state index contributed by atoms with van der Waals surface area (Å²) in [7, 11) is 0. The molecule has 0 saturated carbocycles. The number of ketones is 1. The molecular weight excluding hydrogens is 118 g/mol. The molecule has 1 N–H and O–H groups in total. The molecule has 3 heteroatoms. The zero-order valence-electron chi connectivity index (χ0n) is 5.31. The van der Waals surface area contributed by atoms with E-state index in [-0.39, 0.29) is 19.2 Å². The fraction of sp³-hybridized carbons (Fsp3) is 0.667. The van der Waals surface area contributed by atoms with Crippen LogP contribution in [0, 0.1) is 0 Å². The molecule has 1 aliphatic rings. The topological polar surface area (TPSA) is 46.2 Å². The number of carbonyl (C=O) groups is 2. The quantitative estimate of drug-likeness (QED) is 0.545.